The van der Waals surface area contributed by atoms with Crippen molar-refractivity contribution in [2.45, 2.75) is 0 Å². The van der Waals surface area contributed by atoms with Crippen LogP contribution in [0.4, 0.5) is 0 Å². The molecule has 0 saturated heterocycles. The lowest BCUT2D eigenvalue weighted by molar-refractivity contribution is 0.699. The first-order chi connectivity index (χ1) is 2.64. The van der Waals surface area contributed by atoms with Gasteiger partial charge in [0, 0.05) is 0 Å². The Balaban J connectivity index is 2.99. The minimum Gasteiger partial charge on any atom is -0.271 e. The molecule has 6 heavy (non-hydrogen) atoms. The Bertz CT molecular complexity index is 32.5. The van der Waals surface area contributed by atoms with E-state index in [0.717, 1.165) is 0 Å². The smallest absolute Gasteiger partial charge is 0.107 e. The van der Waals surface area contributed by atoms with Gasteiger partial charge in [-0.05, 0) is 45.1 Å². The Morgan fingerprint density at radius 1 is 1.33 bits per heavy atom. The van der Waals surface area contributed by atoms with Crippen LogP contribution in [0.25, 0.3) is 0 Å². The fourth-order valence-corrected chi connectivity index (χ4v) is 0. The van der Waals surface area contributed by atoms with Crippen LogP contribution >= 0.6 is 36.5 Å². The monoisotopic (exact) mass is 233 g/mol. The van der Waals surface area contributed by atoms with Crippen LogP contribution in [0, 0.1) is 0 Å². The Hall–Kier alpha value is 1.35. The van der Waals surface area contributed by atoms with Gasteiger partial charge in [-0.25, -0.2) is 0 Å². The van der Waals surface area contributed by atoms with Crippen LogP contribution in [0.1, 0.15) is 0 Å². The van der Waals surface area contributed by atoms with Crippen molar-refractivity contribution >= 4 is 36.5 Å². The van der Waals surface area contributed by atoms with E-state index in [4.69, 9.17) is 0 Å². The summed E-state index contributed by atoms with van der Waals surface area (Å²) in [4.78, 5) is 0. The van der Waals surface area contributed by atoms with Crippen molar-refractivity contribution in [1.29, 1.82) is 0 Å². The molecule has 1 nitrogen and oxygen atoms in total. The van der Waals surface area contributed by atoms with E-state index >= 15 is 0 Å². The molecule has 0 N–H and O–H groups in total. The zero-order valence-corrected chi connectivity index (χ0v) is 7.72. The van der Waals surface area contributed by atoms with Gasteiger partial charge in [-0.2, -0.15) is 0 Å². The largest absolute Gasteiger partial charge is 0.271 e. The average molecular weight is 235 g/mol. The molecule has 0 spiro atoms. The molecule has 0 heterocycles. The minimum atomic E-state index is -0.201. The van der Waals surface area contributed by atoms with Gasteiger partial charge in [-0.1, -0.05) is 0 Å². The summed E-state index contributed by atoms with van der Waals surface area (Å²) in [6, 6.07) is 0. The molecule has 0 atom stereocenters. The molecule has 0 radical (unpaired) electrons. The summed E-state index contributed by atoms with van der Waals surface area (Å²) in [6.07, 6.45) is 0. The quantitative estimate of drug-likeness (QED) is 0.631. The number of hydrogen-bond donors (Lipinski definition) is 0. The van der Waals surface area contributed by atoms with E-state index in [0.29, 0.717) is 0 Å². The van der Waals surface area contributed by atoms with Gasteiger partial charge in [-0.15, -0.1) is 0 Å². The van der Waals surface area contributed by atoms with Gasteiger partial charge in [0.2, 0.25) is 0 Å². The third kappa shape index (κ3) is 3.54. The second-order valence-electron chi connectivity index (χ2n) is 1.06. The first kappa shape index (κ1) is 7.35. The highest BCUT2D eigenvalue weighted by atomic mass is 79.9. The third-order valence-electron chi connectivity index (χ3n) is 0.302. The Morgan fingerprint density at radius 2 is 1.50 bits per heavy atom. The zero-order valence-electron chi connectivity index (χ0n) is 3.65. The van der Waals surface area contributed by atoms with Crippen molar-refractivity contribution < 1.29 is 0 Å². The van der Waals surface area contributed by atoms with E-state index in [1.165, 1.54) is 0 Å². The van der Waals surface area contributed by atoms with Gasteiger partial charge in [0.15, 0.2) is 0 Å². The van der Waals surface area contributed by atoms with Gasteiger partial charge in [-0.3, -0.25) is 4.67 Å². The summed E-state index contributed by atoms with van der Waals surface area (Å²) in [5.41, 5.74) is -0.201. The van der Waals surface area contributed by atoms with Crippen LogP contribution in [0.2, 0.25) is 0 Å². The molecule has 0 aliphatic carbocycles. The second-order valence-corrected chi connectivity index (χ2v) is 9.18. The summed E-state index contributed by atoms with van der Waals surface area (Å²) in [6.45, 7) is 0. The van der Waals surface area contributed by atoms with Crippen molar-refractivity contribution in [2.24, 2.45) is 0 Å². The molecular formula is C2H6Br2NP. The zero-order chi connectivity index (χ0) is 5.15. The molecule has 0 saturated carbocycles. The van der Waals surface area contributed by atoms with Crippen molar-refractivity contribution in [2.75, 3.05) is 14.1 Å². The number of rotatable bonds is 1. The molecule has 0 aliphatic rings. The predicted molar refractivity (Wildman–Crippen MR) is 38.5 cm³/mol. The maximum absolute atomic E-state index is 3.35. The lowest BCUT2D eigenvalue weighted by Crippen LogP contribution is -1.94. The number of hydrogen-bond acceptors (Lipinski definition) is 1. The summed E-state index contributed by atoms with van der Waals surface area (Å²) >= 11 is 6.69. The maximum Gasteiger partial charge on any atom is 0.107 e. The lowest BCUT2D eigenvalue weighted by Gasteiger charge is -2.07. The normalized spacial score (nSPS) is 11.0. The number of halogens is 2. The minimum absolute atomic E-state index is 0.201. The topological polar surface area (TPSA) is 3.24 Å². The summed E-state index contributed by atoms with van der Waals surface area (Å²) in [5, 5.41) is 0. The van der Waals surface area contributed by atoms with E-state index in [-0.39, 0.29) is 5.48 Å². The van der Waals surface area contributed by atoms with Gasteiger partial charge >= 0.3 is 0 Å². The number of nitrogens with zero attached hydrogens (tertiary/aromatic N) is 1. The van der Waals surface area contributed by atoms with Crippen LogP contribution in [0.5, 0.6) is 0 Å². The molecule has 4 heteroatoms. The second kappa shape index (κ2) is 3.36. The lowest BCUT2D eigenvalue weighted by atomic mass is 11.3. The van der Waals surface area contributed by atoms with Crippen molar-refractivity contribution in [3.8, 4) is 0 Å². The summed E-state index contributed by atoms with van der Waals surface area (Å²) in [5.74, 6) is 0. The van der Waals surface area contributed by atoms with Crippen LogP contribution < -0.4 is 0 Å². The molecular weight excluding hydrogens is 229 g/mol. The van der Waals surface area contributed by atoms with E-state index in [2.05, 4.69) is 35.6 Å². The third-order valence-corrected chi connectivity index (χ3v) is 4.71. The fraction of sp³-hybridized carbons (Fsp3) is 1.00. The fourth-order valence-electron chi connectivity index (χ4n) is 0. The average Bonchev–Trinajstić information content (AvgIpc) is 1.36. The molecule has 0 rings (SSSR count). The SMILES string of the molecule is CN(C)P(Br)Br. The maximum atomic E-state index is 3.35. The van der Waals surface area contributed by atoms with Crippen molar-refractivity contribution in [3.63, 3.8) is 0 Å². The molecule has 0 fully saturated rings. The molecule has 38 valence electrons. The van der Waals surface area contributed by atoms with Crippen molar-refractivity contribution in [3.05, 3.63) is 0 Å². The molecule has 0 amide bonds. The first-order valence-corrected chi connectivity index (χ1v) is 6.76. The van der Waals surface area contributed by atoms with E-state index in [9.17, 15) is 0 Å². The van der Waals surface area contributed by atoms with Crippen LogP contribution in [0.3, 0.4) is 0 Å². The van der Waals surface area contributed by atoms with E-state index < -0.39 is 0 Å². The highest BCUT2D eigenvalue weighted by Crippen LogP contribution is 2.53. The van der Waals surface area contributed by atoms with Gasteiger partial charge in [0.25, 0.3) is 0 Å². The highest BCUT2D eigenvalue weighted by Gasteiger charge is 1.95. The highest BCUT2D eigenvalue weighted by molar-refractivity contribution is 9.69. The predicted octanol–water partition coefficient (Wildman–Crippen LogP) is 2.56. The molecule has 0 aromatic heterocycles. The molecule has 0 aliphatic heterocycles. The molecule has 0 aromatic carbocycles. The van der Waals surface area contributed by atoms with Gasteiger partial charge < -0.3 is 0 Å². The van der Waals surface area contributed by atoms with Crippen molar-refractivity contribution in [1.82, 2.24) is 4.67 Å². The summed E-state index contributed by atoms with van der Waals surface area (Å²) < 4.78 is 2.06. The molecule has 0 aromatic rings. The molecule has 0 bridgehead atoms. The van der Waals surface area contributed by atoms with E-state index in [1.54, 1.807) is 0 Å². The Morgan fingerprint density at radius 3 is 1.50 bits per heavy atom. The van der Waals surface area contributed by atoms with Crippen LogP contribution in [-0.2, 0) is 0 Å². The van der Waals surface area contributed by atoms with Gasteiger partial charge in [0.05, 0.1) is 0 Å². The van der Waals surface area contributed by atoms with Crippen LogP contribution in [0.15, 0.2) is 0 Å². The van der Waals surface area contributed by atoms with E-state index in [1.807, 2.05) is 14.1 Å². The Kier molecular flexibility index (Phi) is 4.12. The summed E-state index contributed by atoms with van der Waals surface area (Å²) in [7, 11) is 4.02. The van der Waals surface area contributed by atoms with Crippen LogP contribution in [-0.4, -0.2) is 18.8 Å². The standard InChI is InChI=1S/C2H6Br2NP/c1-5(2)6(3)4/h1-2H3. The first-order valence-electron chi connectivity index (χ1n) is 1.43. The Labute approximate surface area is 55.4 Å². The van der Waals surface area contributed by atoms with Gasteiger partial charge in [0.1, 0.15) is 5.48 Å². The molecule has 0 unspecified atom stereocenters.